The molecular weight excluding hydrogens is 342 g/mol. The third-order valence-electron chi connectivity index (χ3n) is 5.45. The molecule has 2 aromatic rings. The topological polar surface area (TPSA) is 68.5 Å². The first-order valence-electron chi connectivity index (χ1n) is 10.1. The summed E-state index contributed by atoms with van der Waals surface area (Å²) in [7, 11) is 1.67. The molecule has 6 heteroatoms. The second-order valence-corrected chi connectivity index (χ2v) is 7.73. The van der Waals surface area contributed by atoms with Gasteiger partial charge in [0.2, 0.25) is 0 Å². The molecule has 1 saturated carbocycles. The van der Waals surface area contributed by atoms with E-state index in [1.165, 1.54) is 0 Å². The average molecular weight is 373 g/mol. The Morgan fingerprint density at radius 1 is 1.33 bits per heavy atom. The van der Waals surface area contributed by atoms with Gasteiger partial charge in [-0.2, -0.15) is 0 Å². The maximum Gasteiger partial charge on any atom is 0.259 e. The van der Waals surface area contributed by atoms with Crippen LogP contribution in [0.4, 0.5) is 0 Å². The van der Waals surface area contributed by atoms with E-state index >= 15 is 0 Å². The standard InChI is InChI=1S/C21H31N3O3/c1-6-15(7-2)24(10-11-26-5)21(25)16-12-17(14-8-9-14)22-20-18(16)19(13(3)4)23-27-20/h12-15H,6-11H2,1-5H3. The Balaban J connectivity index is 2.10. The van der Waals surface area contributed by atoms with E-state index in [-0.39, 0.29) is 17.9 Å². The van der Waals surface area contributed by atoms with Crippen LogP contribution in [0.3, 0.4) is 0 Å². The number of rotatable bonds is 9. The molecule has 1 aliphatic carbocycles. The van der Waals surface area contributed by atoms with Crippen LogP contribution in [0.5, 0.6) is 0 Å². The Morgan fingerprint density at radius 3 is 2.59 bits per heavy atom. The highest BCUT2D eigenvalue weighted by atomic mass is 16.5. The van der Waals surface area contributed by atoms with E-state index < -0.39 is 0 Å². The van der Waals surface area contributed by atoms with Crippen molar-refractivity contribution >= 4 is 17.0 Å². The summed E-state index contributed by atoms with van der Waals surface area (Å²) in [5, 5.41) is 5.00. The van der Waals surface area contributed by atoms with Crippen molar-refractivity contribution in [1.82, 2.24) is 15.0 Å². The van der Waals surface area contributed by atoms with Gasteiger partial charge in [-0.3, -0.25) is 4.79 Å². The van der Waals surface area contributed by atoms with Gasteiger partial charge < -0.3 is 14.2 Å². The van der Waals surface area contributed by atoms with Gasteiger partial charge in [-0.25, -0.2) is 4.98 Å². The second-order valence-electron chi connectivity index (χ2n) is 7.73. The number of pyridine rings is 1. The predicted octanol–water partition coefficient (Wildman–Crippen LogP) is 4.50. The molecule has 0 bridgehead atoms. The van der Waals surface area contributed by atoms with Gasteiger partial charge in [-0.05, 0) is 37.7 Å². The highest BCUT2D eigenvalue weighted by molar-refractivity contribution is 6.06. The van der Waals surface area contributed by atoms with E-state index in [9.17, 15) is 4.79 Å². The molecule has 0 aromatic carbocycles. The van der Waals surface area contributed by atoms with E-state index in [0.29, 0.717) is 30.3 Å². The first-order chi connectivity index (χ1) is 13.0. The van der Waals surface area contributed by atoms with Crippen molar-refractivity contribution in [3.63, 3.8) is 0 Å². The number of ether oxygens (including phenoxy) is 1. The van der Waals surface area contributed by atoms with Crippen LogP contribution in [0.15, 0.2) is 10.6 Å². The number of fused-ring (bicyclic) bond motifs is 1. The monoisotopic (exact) mass is 373 g/mol. The van der Waals surface area contributed by atoms with Crippen LogP contribution < -0.4 is 0 Å². The molecule has 148 valence electrons. The third kappa shape index (κ3) is 4.00. The lowest BCUT2D eigenvalue weighted by Gasteiger charge is -2.31. The molecule has 1 amide bonds. The highest BCUT2D eigenvalue weighted by Crippen LogP contribution is 2.41. The molecule has 0 N–H and O–H groups in total. The van der Waals surface area contributed by atoms with Crippen LogP contribution in [0.2, 0.25) is 0 Å². The smallest absolute Gasteiger partial charge is 0.259 e. The minimum Gasteiger partial charge on any atom is -0.383 e. The van der Waals surface area contributed by atoms with E-state index in [1.807, 2.05) is 11.0 Å². The largest absolute Gasteiger partial charge is 0.383 e. The fourth-order valence-corrected chi connectivity index (χ4v) is 3.67. The zero-order chi connectivity index (χ0) is 19.6. The molecule has 1 aliphatic rings. The van der Waals surface area contributed by atoms with Crippen LogP contribution in [0.25, 0.3) is 11.1 Å². The van der Waals surface area contributed by atoms with Crippen molar-refractivity contribution in [3.8, 4) is 0 Å². The lowest BCUT2D eigenvalue weighted by molar-refractivity contribution is 0.0591. The number of aromatic nitrogens is 2. The Hall–Kier alpha value is -1.95. The summed E-state index contributed by atoms with van der Waals surface area (Å²) < 4.78 is 10.8. The summed E-state index contributed by atoms with van der Waals surface area (Å²) in [4.78, 5) is 20.3. The number of carbonyl (C=O) groups excluding carboxylic acids is 1. The molecule has 6 nitrogen and oxygen atoms in total. The van der Waals surface area contributed by atoms with Crippen molar-refractivity contribution in [2.75, 3.05) is 20.3 Å². The van der Waals surface area contributed by atoms with E-state index in [0.717, 1.165) is 42.5 Å². The van der Waals surface area contributed by atoms with Crippen LogP contribution >= 0.6 is 0 Å². The minimum absolute atomic E-state index is 0.0279. The molecule has 2 heterocycles. The van der Waals surface area contributed by atoms with Crippen molar-refractivity contribution in [3.05, 3.63) is 23.0 Å². The van der Waals surface area contributed by atoms with E-state index in [1.54, 1.807) is 7.11 Å². The SMILES string of the molecule is CCC(CC)N(CCOC)C(=O)c1cc(C2CC2)nc2onc(C(C)C)c12. The third-order valence-corrected chi connectivity index (χ3v) is 5.45. The van der Waals surface area contributed by atoms with Gasteiger partial charge in [0.15, 0.2) is 0 Å². The number of nitrogens with zero attached hydrogens (tertiary/aromatic N) is 3. The second kappa shape index (κ2) is 8.38. The van der Waals surface area contributed by atoms with Gasteiger partial charge in [0.1, 0.15) is 0 Å². The molecule has 0 spiro atoms. The summed E-state index contributed by atoms with van der Waals surface area (Å²) in [6, 6.07) is 2.16. The van der Waals surface area contributed by atoms with Crippen molar-refractivity contribution < 1.29 is 14.1 Å². The Labute approximate surface area is 161 Å². The van der Waals surface area contributed by atoms with E-state index in [2.05, 4.69) is 37.8 Å². The van der Waals surface area contributed by atoms with Gasteiger partial charge in [0.05, 0.1) is 23.3 Å². The molecular formula is C21H31N3O3. The number of hydrogen-bond donors (Lipinski definition) is 0. The summed E-state index contributed by atoms with van der Waals surface area (Å²) in [5.74, 6) is 0.626. The number of amides is 1. The number of hydrogen-bond acceptors (Lipinski definition) is 5. The molecule has 0 saturated heterocycles. The van der Waals surface area contributed by atoms with Crippen molar-refractivity contribution in [2.24, 2.45) is 0 Å². The zero-order valence-corrected chi connectivity index (χ0v) is 17.1. The van der Waals surface area contributed by atoms with Gasteiger partial charge in [-0.1, -0.05) is 32.9 Å². The van der Waals surface area contributed by atoms with Crippen LogP contribution in [0, 0.1) is 0 Å². The zero-order valence-electron chi connectivity index (χ0n) is 17.1. The van der Waals surface area contributed by atoms with Crippen LogP contribution in [0.1, 0.15) is 87.0 Å². The first-order valence-corrected chi connectivity index (χ1v) is 10.1. The molecule has 27 heavy (non-hydrogen) atoms. The summed E-state index contributed by atoms with van der Waals surface area (Å²) in [5.41, 5.74) is 2.92. The van der Waals surface area contributed by atoms with Gasteiger partial charge in [0.25, 0.3) is 11.6 Å². The fraction of sp³-hybridized carbons (Fsp3) is 0.667. The summed E-state index contributed by atoms with van der Waals surface area (Å²) in [6.45, 7) is 9.46. The average Bonchev–Trinajstić information content (AvgIpc) is 3.42. The Kier molecular flexibility index (Phi) is 6.15. The lowest BCUT2D eigenvalue weighted by atomic mass is 10.00. The fourth-order valence-electron chi connectivity index (χ4n) is 3.67. The first kappa shape index (κ1) is 19.8. The highest BCUT2D eigenvalue weighted by Gasteiger charge is 2.32. The Morgan fingerprint density at radius 2 is 2.04 bits per heavy atom. The molecule has 0 atom stereocenters. The Bertz CT molecular complexity index is 791. The molecule has 0 unspecified atom stereocenters. The maximum atomic E-state index is 13.7. The lowest BCUT2D eigenvalue weighted by Crippen LogP contribution is -2.42. The van der Waals surface area contributed by atoms with Crippen molar-refractivity contribution in [2.45, 2.75) is 71.3 Å². The van der Waals surface area contributed by atoms with Gasteiger partial charge in [-0.15, -0.1) is 0 Å². The maximum absolute atomic E-state index is 13.7. The van der Waals surface area contributed by atoms with Gasteiger partial charge in [0, 0.05) is 31.3 Å². The predicted molar refractivity (Wildman–Crippen MR) is 105 cm³/mol. The molecule has 0 aliphatic heterocycles. The molecule has 2 aromatic heterocycles. The quantitative estimate of drug-likeness (QED) is 0.647. The summed E-state index contributed by atoms with van der Waals surface area (Å²) >= 11 is 0. The van der Waals surface area contributed by atoms with Crippen molar-refractivity contribution in [1.29, 1.82) is 0 Å². The molecule has 3 rings (SSSR count). The molecule has 1 fully saturated rings. The number of carbonyl (C=O) groups is 1. The normalized spacial score (nSPS) is 14.5. The number of methoxy groups -OCH3 is 1. The molecule has 0 radical (unpaired) electrons. The van der Waals surface area contributed by atoms with Crippen LogP contribution in [-0.4, -0.2) is 47.3 Å². The van der Waals surface area contributed by atoms with Gasteiger partial charge >= 0.3 is 0 Å². The summed E-state index contributed by atoms with van der Waals surface area (Å²) in [6.07, 6.45) is 4.07. The minimum atomic E-state index is 0.0279. The van der Waals surface area contributed by atoms with E-state index in [4.69, 9.17) is 9.26 Å². The van der Waals surface area contributed by atoms with Crippen LogP contribution in [-0.2, 0) is 4.74 Å².